The molecular formula is C48H74N18O9. The van der Waals surface area contributed by atoms with Crippen molar-refractivity contribution >= 4 is 69.9 Å². The van der Waals surface area contributed by atoms with Crippen LogP contribution in [0, 0.1) is 20.9 Å². The zero-order valence-corrected chi connectivity index (χ0v) is 42.2. The van der Waals surface area contributed by atoms with Crippen LogP contribution in [-0.2, 0) is 46.4 Å². The maximum Gasteiger partial charge on any atom is 0.269 e. The van der Waals surface area contributed by atoms with E-state index in [9.17, 15) is 43.7 Å². The molecule has 0 fully saturated rings. The SMILES string of the molecule is C=C(N)C(CCCNC(=O)CC[C@H](NC(=O)[C@H](CCCNC(=N)N)NC(C)=O)C(=O)N[C@@H](CCN)C(=O)N[C@H](Cc1cccc([N+](=O)[O-])c1)C(=O)NCCCCNC(=N)N)NC(=O)[C@@H](N)Cc1c[nH]c2ccccc12. The van der Waals surface area contributed by atoms with Crippen LogP contribution in [0.5, 0.6) is 0 Å². The topological polar surface area (TPSA) is 464 Å². The van der Waals surface area contributed by atoms with Crippen molar-refractivity contribution < 1.29 is 38.5 Å². The highest BCUT2D eigenvalue weighted by Crippen LogP contribution is 2.19. The van der Waals surface area contributed by atoms with E-state index < -0.39 is 82.5 Å². The number of unbranched alkanes of at least 4 members (excludes halogenated alkanes) is 1. The molecule has 27 nitrogen and oxygen atoms in total. The fourth-order valence-corrected chi connectivity index (χ4v) is 7.77. The molecule has 0 radical (unpaired) electrons. The summed E-state index contributed by atoms with van der Waals surface area (Å²) in [6.45, 7) is 5.69. The minimum absolute atomic E-state index is 0.0503. The van der Waals surface area contributed by atoms with Crippen LogP contribution in [-0.4, -0.2) is 132 Å². The number of carbonyl (C=O) groups excluding carboxylic acids is 7. The van der Waals surface area contributed by atoms with E-state index in [1.165, 1.54) is 25.1 Å². The number of nitro benzene ring substituents is 1. The second kappa shape index (κ2) is 32.0. The summed E-state index contributed by atoms with van der Waals surface area (Å²) in [5, 5.41) is 51.1. The van der Waals surface area contributed by atoms with Crippen molar-refractivity contribution in [3.8, 4) is 0 Å². The summed E-state index contributed by atoms with van der Waals surface area (Å²) in [6.07, 6.45) is 3.03. The number of hydrogen-bond acceptors (Lipinski definition) is 14. The fraction of sp³-hybridized carbons (Fsp3) is 0.479. The molecule has 75 heavy (non-hydrogen) atoms. The third-order valence-corrected chi connectivity index (χ3v) is 11.7. The van der Waals surface area contributed by atoms with Crippen molar-refractivity contribution in [2.75, 3.05) is 32.7 Å². The van der Waals surface area contributed by atoms with E-state index in [-0.39, 0.29) is 101 Å². The number of para-hydroxylation sites is 1. The summed E-state index contributed by atoms with van der Waals surface area (Å²) in [5.74, 6) is -5.24. The molecule has 0 saturated heterocycles. The predicted octanol–water partition coefficient (Wildman–Crippen LogP) is -2.23. The molecule has 0 spiro atoms. The van der Waals surface area contributed by atoms with Crippen LogP contribution in [0.2, 0.25) is 0 Å². The molecule has 7 amide bonds. The van der Waals surface area contributed by atoms with Gasteiger partial charge in [0.2, 0.25) is 41.4 Å². The molecular weight excluding hydrogens is 973 g/mol. The molecule has 0 aliphatic carbocycles. The van der Waals surface area contributed by atoms with Crippen LogP contribution >= 0.6 is 0 Å². The first-order valence-corrected chi connectivity index (χ1v) is 24.6. The van der Waals surface area contributed by atoms with E-state index in [0.29, 0.717) is 31.4 Å². The smallest absolute Gasteiger partial charge is 0.269 e. The summed E-state index contributed by atoms with van der Waals surface area (Å²) < 4.78 is 0. The van der Waals surface area contributed by atoms with Gasteiger partial charge < -0.3 is 81.5 Å². The summed E-state index contributed by atoms with van der Waals surface area (Å²) in [7, 11) is 0. The number of rotatable bonds is 34. The lowest BCUT2D eigenvalue weighted by molar-refractivity contribution is -0.384. The quantitative estimate of drug-likeness (QED) is 0.00990. The average molecular weight is 1050 g/mol. The Balaban J connectivity index is 1.74. The Hall–Kier alpha value is -8.33. The molecule has 1 aromatic heterocycles. The molecule has 1 unspecified atom stereocenters. The molecule has 3 aromatic rings. The van der Waals surface area contributed by atoms with E-state index in [2.05, 4.69) is 59.4 Å². The van der Waals surface area contributed by atoms with E-state index >= 15 is 0 Å². The van der Waals surface area contributed by atoms with Gasteiger partial charge in [0.05, 0.1) is 17.0 Å². The predicted molar refractivity (Wildman–Crippen MR) is 282 cm³/mol. The Labute approximate surface area is 434 Å². The lowest BCUT2D eigenvalue weighted by Crippen LogP contribution is -2.59. The van der Waals surface area contributed by atoms with E-state index in [1.807, 2.05) is 24.3 Å². The lowest BCUT2D eigenvalue weighted by Gasteiger charge is -2.26. The Bertz CT molecular complexity index is 2470. The van der Waals surface area contributed by atoms with E-state index in [1.54, 1.807) is 12.3 Å². The highest BCUT2D eigenvalue weighted by molar-refractivity contribution is 5.96. The number of non-ortho nitro benzene ring substituents is 1. The number of carbonyl (C=O) groups is 7. The van der Waals surface area contributed by atoms with Gasteiger partial charge in [0, 0.05) is 80.9 Å². The maximum absolute atomic E-state index is 14.2. The van der Waals surface area contributed by atoms with Gasteiger partial charge in [-0.05, 0) is 81.5 Å². The minimum atomic E-state index is -1.47. The second-order valence-corrected chi connectivity index (χ2v) is 17.8. The molecule has 1 heterocycles. The largest absolute Gasteiger partial charge is 0.401 e. The van der Waals surface area contributed by atoms with Crippen molar-refractivity contribution in [1.82, 2.24) is 52.8 Å². The van der Waals surface area contributed by atoms with Gasteiger partial charge in [0.15, 0.2) is 11.9 Å². The maximum atomic E-state index is 14.2. The highest BCUT2D eigenvalue weighted by Gasteiger charge is 2.32. The number of fused-ring (bicyclic) bond motifs is 1. The van der Waals surface area contributed by atoms with Gasteiger partial charge in [0.1, 0.15) is 24.2 Å². The van der Waals surface area contributed by atoms with Gasteiger partial charge in [0.25, 0.3) is 5.69 Å². The number of hydrogen-bond donors (Lipinski definition) is 17. The summed E-state index contributed by atoms with van der Waals surface area (Å²) >= 11 is 0. The summed E-state index contributed by atoms with van der Waals surface area (Å²) in [6, 6.07) is 6.23. The first-order valence-electron chi connectivity index (χ1n) is 24.6. The zero-order chi connectivity index (χ0) is 55.5. The van der Waals surface area contributed by atoms with Gasteiger partial charge in [-0.3, -0.25) is 54.5 Å². The van der Waals surface area contributed by atoms with Crippen molar-refractivity contribution in [2.45, 2.75) is 114 Å². The van der Waals surface area contributed by atoms with Gasteiger partial charge in [-0.25, -0.2) is 0 Å². The van der Waals surface area contributed by atoms with Gasteiger partial charge >= 0.3 is 0 Å². The standard InChI is InChI=1S/C48H74N18O9/c1-28(50)35(62-42(69)34(51)26-31-27-60-36-13-4-3-12-33(31)36)14-8-22-56-41(68)17-16-38(63-44(71)37(61-29(2)67)15-9-23-59-48(54)55)45(72)64-39(18-19-49)46(73)65-40(25-30-10-7-11-32(24-30)66(74)75)43(70)57-20-5-6-21-58-47(52)53/h3-4,7,10-13,24,27,34-35,37-40,60H,1,5-6,8-9,14-23,25-26,49-51H2,2H3,(H,56,68)(H,57,70)(H,61,67)(H,62,69)(H,63,71)(H,64,72)(H,65,73)(H4,52,53,58)(H4,54,55,59)/t34-,35?,37-,38-,39-,40+/m0/s1. The van der Waals surface area contributed by atoms with E-state index in [0.717, 1.165) is 16.5 Å². The third kappa shape index (κ3) is 22.5. The third-order valence-electron chi connectivity index (χ3n) is 11.7. The van der Waals surface area contributed by atoms with Gasteiger partial charge in [-0.1, -0.05) is 36.9 Å². The number of amides is 7. The molecule has 0 bridgehead atoms. The second-order valence-electron chi connectivity index (χ2n) is 17.8. The van der Waals surface area contributed by atoms with Crippen LogP contribution in [0.3, 0.4) is 0 Å². The molecule has 2 aromatic carbocycles. The van der Waals surface area contributed by atoms with Crippen molar-refractivity contribution in [1.29, 1.82) is 10.8 Å². The Morgan fingerprint density at radius 3 is 1.80 bits per heavy atom. The molecule has 0 aliphatic heterocycles. The minimum Gasteiger partial charge on any atom is -0.401 e. The molecule has 3 rings (SSSR count). The molecule has 6 atom stereocenters. The highest BCUT2D eigenvalue weighted by atomic mass is 16.6. The van der Waals surface area contributed by atoms with Crippen LogP contribution < -0.4 is 76.5 Å². The van der Waals surface area contributed by atoms with Crippen molar-refractivity contribution in [3.63, 3.8) is 0 Å². The molecule has 22 N–H and O–H groups in total. The molecule has 0 aliphatic rings. The monoisotopic (exact) mass is 1050 g/mol. The Kier molecular flexibility index (Phi) is 26.0. The first-order chi connectivity index (χ1) is 35.7. The number of nitrogens with one attached hydrogen (secondary N) is 12. The van der Waals surface area contributed by atoms with E-state index in [4.69, 9.17) is 39.5 Å². The first kappa shape index (κ1) is 61.0. The molecule has 410 valence electrons. The summed E-state index contributed by atoms with van der Waals surface area (Å²) in [4.78, 5) is 108. The van der Waals surface area contributed by atoms with Gasteiger partial charge in [-0.15, -0.1) is 0 Å². The average Bonchev–Trinajstić information content (AvgIpc) is 3.76. The number of aromatic amines is 1. The fourth-order valence-electron chi connectivity index (χ4n) is 7.77. The van der Waals surface area contributed by atoms with Crippen molar-refractivity contribution in [3.05, 3.63) is 88.2 Å². The molecule has 27 heteroatoms. The lowest BCUT2D eigenvalue weighted by atomic mass is 10.0. The summed E-state index contributed by atoms with van der Waals surface area (Å²) in [5.41, 5.74) is 31.0. The normalized spacial score (nSPS) is 13.3. The number of guanidine groups is 2. The number of H-pyrrole nitrogens is 1. The van der Waals surface area contributed by atoms with Crippen molar-refractivity contribution in [2.24, 2.45) is 28.7 Å². The van der Waals surface area contributed by atoms with Crippen LogP contribution in [0.25, 0.3) is 10.9 Å². The van der Waals surface area contributed by atoms with Gasteiger partial charge in [-0.2, -0.15) is 0 Å². The van der Waals surface area contributed by atoms with Crippen LogP contribution in [0.4, 0.5) is 5.69 Å². The van der Waals surface area contributed by atoms with Crippen LogP contribution in [0.15, 0.2) is 67.0 Å². The Morgan fingerprint density at radius 2 is 1.20 bits per heavy atom. The van der Waals surface area contributed by atoms with Crippen LogP contribution in [0.1, 0.15) is 75.8 Å². The number of nitro groups is 1. The number of benzene rings is 2. The zero-order valence-electron chi connectivity index (χ0n) is 42.2. The Morgan fingerprint density at radius 1 is 0.653 bits per heavy atom. The molecule has 0 saturated carbocycles. The number of nitrogens with zero attached hydrogens (tertiary/aromatic N) is 1. The number of nitrogens with two attached hydrogens (primary N) is 5. The number of aromatic nitrogens is 1.